The number of rotatable bonds is 7. The van der Waals surface area contributed by atoms with Crippen molar-refractivity contribution in [2.45, 2.75) is 39.7 Å². The molecule has 0 aliphatic heterocycles. The Morgan fingerprint density at radius 3 is 2.38 bits per heavy atom. The molecule has 0 saturated carbocycles. The molecule has 96 valence electrons. The van der Waals surface area contributed by atoms with Crippen molar-refractivity contribution in [3.05, 3.63) is 0 Å². The van der Waals surface area contributed by atoms with E-state index < -0.39 is 5.41 Å². The second-order valence-corrected chi connectivity index (χ2v) is 5.46. The van der Waals surface area contributed by atoms with Crippen LogP contribution in [0, 0.1) is 5.41 Å². The zero-order chi connectivity index (χ0) is 12.8. The van der Waals surface area contributed by atoms with Crippen LogP contribution in [0.25, 0.3) is 0 Å². The van der Waals surface area contributed by atoms with E-state index in [0.29, 0.717) is 12.6 Å². The van der Waals surface area contributed by atoms with Crippen LogP contribution in [0.4, 0.5) is 0 Å². The van der Waals surface area contributed by atoms with Gasteiger partial charge in [0.25, 0.3) is 0 Å². The monoisotopic (exact) mass is 246 g/mol. The molecular formula is C12H26N2OS. The molecule has 2 N–H and O–H groups in total. The second kappa shape index (κ2) is 7.17. The molecule has 0 aromatic rings. The third-order valence-corrected chi connectivity index (χ3v) is 4.16. The van der Waals surface area contributed by atoms with E-state index >= 15 is 0 Å². The number of amides is 1. The lowest BCUT2D eigenvalue weighted by atomic mass is 9.85. The van der Waals surface area contributed by atoms with Crippen molar-refractivity contribution >= 4 is 17.7 Å². The van der Waals surface area contributed by atoms with Crippen LogP contribution in [0.15, 0.2) is 0 Å². The molecule has 2 unspecified atom stereocenters. The Morgan fingerprint density at radius 2 is 2.06 bits per heavy atom. The normalized spacial score (nSPS) is 16.6. The van der Waals surface area contributed by atoms with Gasteiger partial charge in [-0.3, -0.25) is 4.79 Å². The highest BCUT2D eigenvalue weighted by Crippen LogP contribution is 2.24. The first-order valence-corrected chi connectivity index (χ1v) is 7.32. The van der Waals surface area contributed by atoms with E-state index in [1.165, 1.54) is 0 Å². The quantitative estimate of drug-likeness (QED) is 0.747. The predicted octanol–water partition coefficient (Wildman–Crippen LogP) is 1.96. The molecule has 0 bridgehead atoms. The molecule has 0 aliphatic rings. The van der Waals surface area contributed by atoms with Crippen molar-refractivity contribution in [3.8, 4) is 0 Å². The minimum atomic E-state index is -0.402. The largest absolute Gasteiger partial charge is 0.341 e. The summed E-state index contributed by atoms with van der Waals surface area (Å²) in [5, 5.41) is 0. The summed E-state index contributed by atoms with van der Waals surface area (Å²) in [6, 6.07) is 0.319. The Kier molecular flexibility index (Phi) is 7.07. The topological polar surface area (TPSA) is 46.3 Å². The minimum absolute atomic E-state index is 0.179. The van der Waals surface area contributed by atoms with E-state index in [-0.39, 0.29) is 5.91 Å². The molecule has 0 radical (unpaired) electrons. The number of hydrogen-bond donors (Lipinski definition) is 1. The standard InChI is InChI=1S/C12H26N2OS/c1-6-10(8-16-5)14(4)11(15)12(3,7-2)9-13/h10H,6-9,13H2,1-5H3. The number of carbonyl (C=O) groups is 1. The summed E-state index contributed by atoms with van der Waals surface area (Å²) in [6.07, 6.45) is 3.86. The van der Waals surface area contributed by atoms with Crippen LogP contribution in [-0.4, -0.2) is 42.4 Å². The molecule has 0 fully saturated rings. The SMILES string of the molecule is CCC(CSC)N(C)C(=O)C(C)(CC)CN. The highest BCUT2D eigenvalue weighted by molar-refractivity contribution is 7.98. The number of thioether (sulfide) groups is 1. The molecule has 3 nitrogen and oxygen atoms in total. The van der Waals surface area contributed by atoms with Crippen LogP contribution in [-0.2, 0) is 4.79 Å². The average molecular weight is 246 g/mol. The first kappa shape index (κ1) is 15.8. The van der Waals surface area contributed by atoms with Crippen LogP contribution in [0.5, 0.6) is 0 Å². The van der Waals surface area contributed by atoms with Crippen LogP contribution < -0.4 is 5.73 Å². The fourth-order valence-electron chi connectivity index (χ4n) is 1.67. The summed E-state index contributed by atoms with van der Waals surface area (Å²) >= 11 is 1.78. The maximum Gasteiger partial charge on any atom is 0.229 e. The number of carbonyl (C=O) groups excluding carboxylic acids is 1. The molecule has 4 heteroatoms. The van der Waals surface area contributed by atoms with E-state index in [0.717, 1.165) is 18.6 Å². The summed E-state index contributed by atoms with van der Waals surface area (Å²) in [7, 11) is 1.90. The summed E-state index contributed by atoms with van der Waals surface area (Å²) in [5.74, 6) is 1.17. The van der Waals surface area contributed by atoms with E-state index in [4.69, 9.17) is 5.73 Å². The van der Waals surface area contributed by atoms with Gasteiger partial charge in [0.05, 0.1) is 5.41 Å². The molecule has 0 heterocycles. The van der Waals surface area contributed by atoms with Crippen LogP contribution >= 0.6 is 11.8 Å². The predicted molar refractivity (Wildman–Crippen MR) is 72.7 cm³/mol. The fourth-order valence-corrected chi connectivity index (χ4v) is 2.51. The lowest BCUT2D eigenvalue weighted by molar-refractivity contribution is -0.141. The Balaban J connectivity index is 4.69. The maximum atomic E-state index is 12.3. The third-order valence-electron chi connectivity index (χ3n) is 3.45. The Morgan fingerprint density at radius 1 is 1.50 bits per heavy atom. The molecule has 0 spiro atoms. The smallest absolute Gasteiger partial charge is 0.229 e. The summed E-state index contributed by atoms with van der Waals surface area (Å²) in [5.41, 5.74) is 5.32. The van der Waals surface area contributed by atoms with E-state index in [9.17, 15) is 4.79 Å². The maximum absolute atomic E-state index is 12.3. The van der Waals surface area contributed by atoms with Gasteiger partial charge in [0.15, 0.2) is 0 Å². The van der Waals surface area contributed by atoms with Gasteiger partial charge in [-0.15, -0.1) is 0 Å². The first-order chi connectivity index (χ1) is 7.46. The fraction of sp³-hybridized carbons (Fsp3) is 0.917. The first-order valence-electron chi connectivity index (χ1n) is 5.93. The lowest BCUT2D eigenvalue weighted by Gasteiger charge is -2.35. The van der Waals surface area contributed by atoms with Crippen LogP contribution in [0.1, 0.15) is 33.6 Å². The minimum Gasteiger partial charge on any atom is -0.341 e. The Hall–Kier alpha value is -0.220. The van der Waals surface area contributed by atoms with Gasteiger partial charge in [0.2, 0.25) is 5.91 Å². The molecular weight excluding hydrogens is 220 g/mol. The zero-order valence-electron chi connectivity index (χ0n) is 11.2. The van der Waals surface area contributed by atoms with Gasteiger partial charge in [0.1, 0.15) is 0 Å². The van der Waals surface area contributed by atoms with Crippen molar-refractivity contribution in [3.63, 3.8) is 0 Å². The molecule has 0 aromatic heterocycles. The number of hydrogen-bond acceptors (Lipinski definition) is 3. The molecule has 16 heavy (non-hydrogen) atoms. The number of nitrogens with two attached hydrogens (primary N) is 1. The average Bonchev–Trinajstić information content (AvgIpc) is 2.33. The van der Waals surface area contributed by atoms with E-state index in [1.807, 2.05) is 25.8 Å². The second-order valence-electron chi connectivity index (χ2n) is 4.55. The van der Waals surface area contributed by atoms with Crippen molar-refractivity contribution in [1.82, 2.24) is 4.90 Å². The van der Waals surface area contributed by atoms with Gasteiger partial charge in [-0.25, -0.2) is 0 Å². The number of nitrogens with zero attached hydrogens (tertiary/aromatic N) is 1. The van der Waals surface area contributed by atoms with Crippen LogP contribution in [0.2, 0.25) is 0 Å². The van der Waals surface area contributed by atoms with Crippen molar-refractivity contribution < 1.29 is 4.79 Å². The highest BCUT2D eigenvalue weighted by atomic mass is 32.2. The van der Waals surface area contributed by atoms with Crippen molar-refractivity contribution in [2.24, 2.45) is 11.1 Å². The van der Waals surface area contributed by atoms with Gasteiger partial charge >= 0.3 is 0 Å². The molecule has 0 rings (SSSR count). The summed E-state index contributed by atoms with van der Waals surface area (Å²) < 4.78 is 0. The molecule has 0 saturated heterocycles. The Bertz CT molecular complexity index is 217. The van der Waals surface area contributed by atoms with Crippen molar-refractivity contribution in [2.75, 3.05) is 25.6 Å². The van der Waals surface area contributed by atoms with Crippen molar-refractivity contribution in [1.29, 1.82) is 0 Å². The molecule has 0 aromatic carbocycles. The molecule has 0 aliphatic carbocycles. The van der Waals surface area contributed by atoms with Gasteiger partial charge in [-0.2, -0.15) is 11.8 Å². The van der Waals surface area contributed by atoms with Gasteiger partial charge in [-0.05, 0) is 26.0 Å². The van der Waals surface area contributed by atoms with Gasteiger partial charge < -0.3 is 10.6 Å². The zero-order valence-corrected chi connectivity index (χ0v) is 12.1. The molecule has 1 amide bonds. The summed E-state index contributed by atoms with van der Waals surface area (Å²) in [6.45, 7) is 6.52. The lowest BCUT2D eigenvalue weighted by Crippen LogP contribution is -2.49. The highest BCUT2D eigenvalue weighted by Gasteiger charge is 2.34. The summed E-state index contributed by atoms with van der Waals surface area (Å²) in [4.78, 5) is 14.2. The van der Waals surface area contributed by atoms with Gasteiger partial charge in [-0.1, -0.05) is 13.8 Å². The third kappa shape index (κ3) is 3.67. The van der Waals surface area contributed by atoms with E-state index in [1.54, 1.807) is 11.8 Å². The molecule has 2 atom stereocenters. The Labute approximate surface area is 104 Å². The van der Waals surface area contributed by atoms with Gasteiger partial charge in [0, 0.05) is 25.4 Å². The van der Waals surface area contributed by atoms with Crippen LogP contribution in [0.3, 0.4) is 0 Å². The van der Waals surface area contributed by atoms with E-state index in [2.05, 4.69) is 13.2 Å².